The van der Waals surface area contributed by atoms with Crippen LogP contribution in [0.15, 0.2) is 24.3 Å². The number of thiocarbonyl (C=S) groups is 1. The van der Waals surface area contributed by atoms with Gasteiger partial charge in [-0.25, -0.2) is 0 Å². The molecule has 0 aliphatic carbocycles. The number of anilines is 1. The second-order valence-corrected chi connectivity index (χ2v) is 4.08. The average molecular weight is 258 g/mol. The van der Waals surface area contributed by atoms with Crippen molar-refractivity contribution in [2.45, 2.75) is 12.2 Å². The van der Waals surface area contributed by atoms with E-state index >= 15 is 0 Å². The Balaban J connectivity index is 2.98. The number of aliphatic hydroxyl groups excluding tert-OH is 2. The van der Waals surface area contributed by atoms with Gasteiger partial charge in [0.15, 0.2) is 5.11 Å². The molecule has 0 saturated carbocycles. The lowest BCUT2D eigenvalue weighted by molar-refractivity contribution is 0.0342. The number of para-hydroxylation sites is 1. The summed E-state index contributed by atoms with van der Waals surface area (Å²) in [6.45, 7) is 0. The lowest BCUT2D eigenvalue weighted by Gasteiger charge is -2.19. The maximum atomic E-state index is 9.86. The first-order valence-corrected chi connectivity index (χ1v) is 5.72. The fraction of sp³-hybridized carbons (Fsp3) is 0.300. The highest BCUT2D eigenvalue weighted by Crippen LogP contribution is 2.25. The average Bonchev–Trinajstić information content (AvgIpc) is 2.27. The number of hydrogen-bond acceptors (Lipinski definition) is 4. The van der Waals surface area contributed by atoms with E-state index in [1.165, 1.54) is 0 Å². The molecular formula is C10H14N2O2S2. The molecule has 0 fully saturated rings. The van der Waals surface area contributed by atoms with Gasteiger partial charge in [-0.1, -0.05) is 18.2 Å². The van der Waals surface area contributed by atoms with Crippen LogP contribution in [0.1, 0.15) is 11.7 Å². The van der Waals surface area contributed by atoms with Crippen LogP contribution in [-0.4, -0.2) is 27.2 Å². The molecule has 2 atom stereocenters. The molecule has 2 unspecified atom stereocenters. The number of benzene rings is 1. The first kappa shape index (κ1) is 13.2. The number of aliphatic hydroxyl groups is 2. The highest BCUT2D eigenvalue weighted by atomic mass is 32.1. The molecule has 0 saturated heterocycles. The van der Waals surface area contributed by atoms with Gasteiger partial charge in [-0.15, -0.1) is 0 Å². The molecule has 0 bridgehead atoms. The van der Waals surface area contributed by atoms with Crippen molar-refractivity contribution in [3.63, 3.8) is 0 Å². The molecule has 0 amide bonds. The van der Waals surface area contributed by atoms with Crippen LogP contribution in [0.25, 0.3) is 0 Å². The molecule has 5 N–H and O–H groups in total. The molecule has 0 radical (unpaired) electrons. The Kier molecular flexibility index (Phi) is 5.01. The van der Waals surface area contributed by atoms with Crippen LogP contribution in [-0.2, 0) is 0 Å². The largest absolute Gasteiger partial charge is 0.389 e. The van der Waals surface area contributed by atoms with Crippen molar-refractivity contribution in [3.05, 3.63) is 29.8 Å². The van der Waals surface area contributed by atoms with E-state index in [-0.39, 0.29) is 10.9 Å². The highest BCUT2D eigenvalue weighted by molar-refractivity contribution is 7.80. The summed E-state index contributed by atoms with van der Waals surface area (Å²) in [4.78, 5) is 0. The van der Waals surface area contributed by atoms with Gasteiger partial charge in [-0.2, -0.15) is 12.6 Å². The van der Waals surface area contributed by atoms with E-state index in [0.29, 0.717) is 11.3 Å². The molecular weight excluding hydrogens is 244 g/mol. The third-order valence-corrected chi connectivity index (χ3v) is 2.57. The van der Waals surface area contributed by atoms with Gasteiger partial charge >= 0.3 is 0 Å². The minimum Gasteiger partial charge on any atom is -0.389 e. The number of rotatable bonds is 4. The van der Waals surface area contributed by atoms with Crippen molar-refractivity contribution in [2.24, 2.45) is 5.73 Å². The summed E-state index contributed by atoms with van der Waals surface area (Å²) in [5, 5.41) is 22.2. The van der Waals surface area contributed by atoms with Gasteiger partial charge in [-0.3, -0.25) is 0 Å². The monoisotopic (exact) mass is 258 g/mol. The van der Waals surface area contributed by atoms with Gasteiger partial charge in [0, 0.05) is 17.0 Å². The van der Waals surface area contributed by atoms with E-state index in [1.807, 2.05) is 0 Å². The van der Waals surface area contributed by atoms with Crippen molar-refractivity contribution in [2.75, 3.05) is 11.1 Å². The Labute approximate surface area is 105 Å². The predicted molar refractivity (Wildman–Crippen MR) is 71.7 cm³/mol. The molecule has 1 aromatic carbocycles. The van der Waals surface area contributed by atoms with Gasteiger partial charge in [-0.05, 0) is 18.3 Å². The Morgan fingerprint density at radius 1 is 1.44 bits per heavy atom. The Morgan fingerprint density at radius 2 is 2.06 bits per heavy atom. The van der Waals surface area contributed by atoms with Crippen molar-refractivity contribution < 1.29 is 10.2 Å². The first-order valence-electron chi connectivity index (χ1n) is 4.68. The van der Waals surface area contributed by atoms with Crippen molar-refractivity contribution >= 4 is 35.6 Å². The lowest BCUT2D eigenvalue weighted by atomic mass is 10.0. The molecule has 0 heterocycles. The fourth-order valence-corrected chi connectivity index (χ4v) is 1.62. The molecule has 0 aromatic heterocycles. The van der Waals surface area contributed by atoms with Gasteiger partial charge < -0.3 is 21.3 Å². The van der Waals surface area contributed by atoms with E-state index in [9.17, 15) is 10.2 Å². The quantitative estimate of drug-likeness (QED) is 0.405. The zero-order valence-electron chi connectivity index (χ0n) is 8.50. The minimum atomic E-state index is -1.02. The SMILES string of the molecule is NC(=S)Nc1ccccc1C(O)C(O)CS. The van der Waals surface area contributed by atoms with E-state index in [2.05, 4.69) is 17.9 Å². The standard InChI is InChI=1S/C10H14N2O2S2/c11-10(16)12-7-4-2-1-3-6(7)9(14)8(13)5-15/h1-4,8-9,13-15H,5H2,(H3,11,12,16). The summed E-state index contributed by atoms with van der Waals surface area (Å²) in [7, 11) is 0. The van der Waals surface area contributed by atoms with E-state index in [0.717, 1.165) is 0 Å². The molecule has 0 aliphatic rings. The Bertz CT molecular complexity index is 374. The van der Waals surface area contributed by atoms with Crippen LogP contribution in [0, 0.1) is 0 Å². The minimum absolute atomic E-state index is 0.111. The summed E-state index contributed by atoms with van der Waals surface area (Å²) >= 11 is 8.65. The van der Waals surface area contributed by atoms with Crippen molar-refractivity contribution in [1.82, 2.24) is 0 Å². The van der Waals surface area contributed by atoms with Crippen molar-refractivity contribution in [3.8, 4) is 0 Å². The number of nitrogens with two attached hydrogens (primary N) is 1. The summed E-state index contributed by atoms with van der Waals surface area (Å²) < 4.78 is 0. The molecule has 0 spiro atoms. The molecule has 16 heavy (non-hydrogen) atoms. The smallest absolute Gasteiger partial charge is 0.168 e. The Morgan fingerprint density at radius 3 is 2.62 bits per heavy atom. The van der Waals surface area contributed by atoms with Crippen LogP contribution in [0.4, 0.5) is 5.69 Å². The predicted octanol–water partition coefficient (Wildman–Crippen LogP) is 0.666. The zero-order valence-corrected chi connectivity index (χ0v) is 10.2. The molecule has 1 aromatic rings. The van der Waals surface area contributed by atoms with Crippen molar-refractivity contribution in [1.29, 1.82) is 0 Å². The molecule has 1 rings (SSSR count). The number of hydrogen-bond donors (Lipinski definition) is 5. The second-order valence-electron chi connectivity index (χ2n) is 3.27. The highest BCUT2D eigenvalue weighted by Gasteiger charge is 2.19. The third kappa shape index (κ3) is 3.34. The van der Waals surface area contributed by atoms with Crippen LogP contribution in [0.2, 0.25) is 0 Å². The van der Waals surface area contributed by atoms with Crippen LogP contribution in [0.5, 0.6) is 0 Å². The summed E-state index contributed by atoms with van der Waals surface area (Å²) in [5.41, 5.74) is 6.49. The van der Waals surface area contributed by atoms with E-state index < -0.39 is 12.2 Å². The van der Waals surface area contributed by atoms with E-state index in [4.69, 9.17) is 18.0 Å². The topological polar surface area (TPSA) is 78.5 Å². The third-order valence-electron chi connectivity index (χ3n) is 2.09. The maximum absolute atomic E-state index is 9.86. The zero-order chi connectivity index (χ0) is 12.1. The number of nitrogens with one attached hydrogen (secondary N) is 1. The number of thiol groups is 1. The molecule has 6 heteroatoms. The molecule has 4 nitrogen and oxygen atoms in total. The van der Waals surface area contributed by atoms with Crippen LogP contribution >= 0.6 is 24.8 Å². The van der Waals surface area contributed by atoms with Gasteiger partial charge in [0.25, 0.3) is 0 Å². The van der Waals surface area contributed by atoms with E-state index in [1.54, 1.807) is 24.3 Å². The summed E-state index contributed by atoms with van der Waals surface area (Å²) in [5.74, 6) is 0.169. The summed E-state index contributed by atoms with van der Waals surface area (Å²) in [6, 6.07) is 6.96. The lowest BCUT2D eigenvalue weighted by Crippen LogP contribution is -2.24. The van der Waals surface area contributed by atoms with Gasteiger partial charge in [0.2, 0.25) is 0 Å². The van der Waals surface area contributed by atoms with Crippen LogP contribution < -0.4 is 11.1 Å². The summed E-state index contributed by atoms with van der Waals surface area (Å²) in [6.07, 6.45) is -1.95. The normalized spacial score (nSPS) is 14.2. The fourth-order valence-electron chi connectivity index (χ4n) is 1.31. The van der Waals surface area contributed by atoms with Gasteiger partial charge in [0.05, 0.1) is 6.10 Å². The molecule has 88 valence electrons. The van der Waals surface area contributed by atoms with Crippen LogP contribution in [0.3, 0.4) is 0 Å². The first-order chi connectivity index (χ1) is 7.56. The Hall–Kier alpha value is -0.820. The maximum Gasteiger partial charge on any atom is 0.168 e. The second kappa shape index (κ2) is 6.05. The molecule has 0 aliphatic heterocycles. The van der Waals surface area contributed by atoms with Gasteiger partial charge in [0.1, 0.15) is 6.10 Å².